The SMILES string of the molecule is Cc1ccc([C@H]2C[C@@H]2N=C=O)cc1. The summed E-state index contributed by atoms with van der Waals surface area (Å²) < 4.78 is 0. The molecule has 0 unspecified atom stereocenters. The van der Waals surface area contributed by atoms with E-state index in [0.717, 1.165) is 6.42 Å². The molecule has 0 spiro atoms. The summed E-state index contributed by atoms with van der Waals surface area (Å²) in [5.41, 5.74) is 2.55. The Hall–Kier alpha value is -1.40. The first-order chi connectivity index (χ1) is 6.31. The highest BCUT2D eigenvalue weighted by Crippen LogP contribution is 2.43. The van der Waals surface area contributed by atoms with Gasteiger partial charge in [0.1, 0.15) is 0 Å². The van der Waals surface area contributed by atoms with E-state index in [1.165, 1.54) is 11.1 Å². The Morgan fingerprint density at radius 3 is 2.69 bits per heavy atom. The molecule has 0 amide bonds. The quantitative estimate of drug-likeness (QED) is 0.498. The second-order valence-electron chi connectivity index (χ2n) is 3.54. The zero-order valence-electron chi connectivity index (χ0n) is 7.53. The molecule has 66 valence electrons. The van der Waals surface area contributed by atoms with Crippen molar-refractivity contribution in [2.45, 2.75) is 25.3 Å². The summed E-state index contributed by atoms with van der Waals surface area (Å²) in [6, 6.07) is 8.60. The summed E-state index contributed by atoms with van der Waals surface area (Å²) >= 11 is 0. The fraction of sp³-hybridized carbons (Fsp3) is 0.364. The van der Waals surface area contributed by atoms with E-state index in [-0.39, 0.29) is 6.04 Å². The Morgan fingerprint density at radius 2 is 2.08 bits per heavy atom. The summed E-state index contributed by atoms with van der Waals surface area (Å²) in [4.78, 5) is 13.7. The van der Waals surface area contributed by atoms with Gasteiger partial charge in [-0.05, 0) is 18.9 Å². The van der Waals surface area contributed by atoms with Crippen LogP contribution in [-0.4, -0.2) is 12.1 Å². The van der Waals surface area contributed by atoms with Gasteiger partial charge in [-0.25, -0.2) is 9.79 Å². The topological polar surface area (TPSA) is 29.4 Å². The smallest absolute Gasteiger partial charge is 0.211 e. The molecule has 13 heavy (non-hydrogen) atoms. The second kappa shape index (κ2) is 3.15. The van der Waals surface area contributed by atoms with Crippen LogP contribution in [0.3, 0.4) is 0 Å². The van der Waals surface area contributed by atoms with E-state index in [4.69, 9.17) is 0 Å². The first-order valence-electron chi connectivity index (χ1n) is 4.45. The van der Waals surface area contributed by atoms with E-state index in [0.29, 0.717) is 5.92 Å². The lowest BCUT2D eigenvalue weighted by Crippen LogP contribution is -1.84. The van der Waals surface area contributed by atoms with Gasteiger partial charge in [-0.2, -0.15) is 0 Å². The van der Waals surface area contributed by atoms with Crippen LogP contribution in [0.4, 0.5) is 0 Å². The van der Waals surface area contributed by atoms with Crippen LogP contribution in [0, 0.1) is 6.92 Å². The number of benzene rings is 1. The predicted molar refractivity (Wildman–Crippen MR) is 50.4 cm³/mol. The van der Waals surface area contributed by atoms with E-state index >= 15 is 0 Å². The Kier molecular flexibility index (Phi) is 1.99. The number of aliphatic imine (C=N–C) groups is 1. The third kappa shape index (κ3) is 1.68. The molecule has 2 rings (SSSR count). The van der Waals surface area contributed by atoms with Gasteiger partial charge >= 0.3 is 0 Å². The number of hydrogen-bond donors (Lipinski definition) is 0. The summed E-state index contributed by atoms with van der Waals surface area (Å²) in [5, 5.41) is 0. The van der Waals surface area contributed by atoms with Crippen LogP contribution >= 0.6 is 0 Å². The lowest BCUT2D eigenvalue weighted by molar-refractivity contribution is 0.562. The van der Waals surface area contributed by atoms with Crippen LogP contribution in [0.2, 0.25) is 0 Å². The molecule has 0 heterocycles. The van der Waals surface area contributed by atoms with Gasteiger partial charge in [0.15, 0.2) is 0 Å². The van der Waals surface area contributed by atoms with Crippen molar-refractivity contribution in [1.82, 2.24) is 0 Å². The lowest BCUT2D eigenvalue weighted by atomic mass is 10.1. The van der Waals surface area contributed by atoms with E-state index in [2.05, 4.69) is 36.2 Å². The average Bonchev–Trinajstić information content (AvgIpc) is 2.86. The Balaban J connectivity index is 2.12. The van der Waals surface area contributed by atoms with E-state index < -0.39 is 0 Å². The maximum atomic E-state index is 9.99. The minimum Gasteiger partial charge on any atom is -0.211 e. The zero-order valence-corrected chi connectivity index (χ0v) is 7.53. The maximum Gasteiger partial charge on any atom is 0.235 e. The van der Waals surface area contributed by atoms with Crippen molar-refractivity contribution < 1.29 is 4.79 Å². The van der Waals surface area contributed by atoms with Crippen molar-refractivity contribution in [1.29, 1.82) is 0 Å². The highest BCUT2D eigenvalue weighted by molar-refractivity contribution is 5.38. The molecule has 0 aliphatic heterocycles. The third-order valence-corrected chi connectivity index (χ3v) is 2.48. The summed E-state index contributed by atoms with van der Waals surface area (Å²) in [5.74, 6) is 0.460. The molecule has 0 bridgehead atoms. The molecule has 2 heteroatoms. The molecule has 0 radical (unpaired) electrons. The Labute approximate surface area is 77.3 Å². The van der Waals surface area contributed by atoms with Gasteiger partial charge in [-0.1, -0.05) is 29.8 Å². The molecule has 0 aromatic heterocycles. The lowest BCUT2D eigenvalue weighted by Gasteiger charge is -1.97. The molecule has 1 saturated carbocycles. The zero-order chi connectivity index (χ0) is 9.26. The second-order valence-corrected chi connectivity index (χ2v) is 3.54. The van der Waals surface area contributed by atoms with Crippen molar-refractivity contribution in [2.75, 3.05) is 0 Å². The molecular weight excluding hydrogens is 162 g/mol. The van der Waals surface area contributed by atoms with Crippen molar-refractivity contribution in [3.8, 4) is 0 Å². The number of rotatable bonds is 2. The van der Waals surface area contributed by atoms with Gasteiger partial charge in [0.25, 0.3) is 0 Å². The van der Waals surface area contributed by atoms with Gasteiger partial charge in [-0.15, -0.1) is 0 Å². The van der Waals surface area contributed by atoms with Crippen LogP contribution in [0.1, 0.15) is 23.5 Å². The number of carbonyl (C=O) groups excluding carboxylic acids is 1. The summed E-state index contributed by atoms with van der Waals surface area (Å²) in [7, 11) is 0. The van der Waals surface area contributed by atoms with Gasteiger partial charge < -0.3 is 0 Å². The predicted octanol–water partition coefficient (Wildman–Crippen LogP) is 2.19. The molecule has 1 aromatic rings. The first kappa shape index (κ1) is 8.21. The van der Waals surface area contributed by atoms with Crippen LogP contribution in [0.5, 0.6) is 0 Å². The normalized spacial score (nSPS) is 25.0. The van der Waals surface area contributed by atoms with Crippen molar-refractivity contribution in [2.24, 2.45) is 4.99 Å². The van der Waals surface area contributed by atoms with Crippen LogP contribution in [0.25, 0.3) is 0 Å². The minimum atomic E-state index is 0.195. The fourth-order valence-corrected chi connectivity index (χ4v) is 1.56. The number of nitrogens with zero attached hydrogens (tertiary/aromatic N) is 1. The maximum absolute atomic E-state index is 9.99. The van der Waals surface area contributed by atoms with Crippen LogP contribution in [0.15, 0.2) is 29.3 Å². The minimum absolute atomic E-state index is 0.195. The van der Waals surface area contributed by atoms with E-state index in [1.807, 2.05) is 0 Å². The molecule has 1 aliphatic carbocycles. The highest BCUT2D eigenvalue weighted by atomic mass is 16.1. The van der Waals surface area contributed by atoms with E-state index in [9.17, 15) is 4.79 Å². The van der Waals surface area contributed by atoms with Gasteiger partial charge in [-0.3, -0.25) is 0 Å². The van der Waals surface area contributed by atoms with Crippen LogP contribution < -0.4 is 0 Å². The first-order valence-corrected chi connectivity index (χ1v) is 4.45. The molecule has 0 saturated heterocycles. The largest absolute Gasteiger partial charge is 0.235 e. The molecule has 2 atom stereocenters. The van der Waals surface area contributed by atoms with Crippen molar-refractivity contribution in [3.63, 3.8) is 0 Å². The molecular formula is C11H11NO. The number of isocyanates is 1. The number of aryl methyl sites for hydroxylation is 1. The molecule has 1 aromatic carbocycles. The molecule has 1 aliphatic rings. The van der Waals surface area contributed by atoms with Gasteiger partial charge in [0, 0.05) is 5.92 Å². The highest BCUT2D eigenvalue weighted by Gasteiger charge is 2.38. The van der Waals surface area contributed by atoms with E-state index in [1.54, 1.807) is 6.08 Å². The molecule has 2 nitrogen and oxygen atoms in total. The Morgan fingerprint density at radius 1 is 1.38 bits per heavy atom. The molecule has 0 N–H and O–H groups in total. The molecule has 1 fully saturated rings. The number of hydrogen-bond acceptors (Lipinski definition) is 2. The summed E-state index contributed by atoms with van der Waals surface area (Å²) in [6.45, 7) is 2.07. The monoisotopic (exact) mass is 173 g/mol. The van der Waals surface area contributed by atoms with Crippen LogP contribution in [-0.2, 0) is 4.79 Å². The van der Waals surface area contributed by atoms with Crippen molar-refractivity contribution in [3.05, 3.63) is 35.4 Å². The third-order valence-electron chi connectivity index (χ3n) is 2.48. The fourth-order valence-electron chi connectivity index (χ4n) is 1.56. The van der Waals surface area contributed by atoms with Crippen molar-refractivity contribution >= 4 is 6.08 Å². The standard InChI is InChI=1S/C11H11NO/c1-8-2-4-9(5-3-8)10-6-11(10)12-7-13/h2-5,10-11H,6H2,1H3/t10-,11+/m1/s1. The summed E-state index contributed by atoms with van der Waals surface area (Å²) in [6.07, 6.45) is 2.61. The Bertz CT molecular complexity index is 349. The average molecular weight is 173 g/mol. The van der Waals surface area contributed by atoms with Gasteiger partial charge in [0.05, 0.1) is 6.04 Å². The van der Waals surface area contributed by atoms with Gasteiger partial charge in [0.2, 0.25) is 6.08 Å².